The van der Waals surface area contributed by atoms with Gasteiger partial charge in [0.2, 0.25) is 11.8 Å². The molecule has 0 spiro atoms. The second-order valence-corrected chi connectivity index (χ2v) is 7.80. The molecular weight excluding hydrogens is 431 g/mol. The Labute approximate surface area is 190 Å². The molecule has 0 aliphatic carbocycles. The normalized spacial score (nSPS) is 15.5. The third-order valence-corrected chi connectivity index (χ3v) is 5.49. The molecule has 0 bridgehead atoms. The maximum absolute atomic E-state index is 13.8. The van der Waals surface area contributed by atoms with Crippen molar-refractivity contribution in [3.05, 3.63) is 82.8 Å². The van der Waals surface area contributed by atoms with Crippen molar-refractivity contribution in [3.8, 4) is 17.3 Å². The van der Waals surface area contributed by atoms with Crippen LogP contribution in [0.15, 0.2) is 66.4 Å². The Morgan fingerprint density at radius 2 is 1.94 bits per heavy atom. The summed E-state index contributed by atoms with van der Waals surface area (Å²) in [6.07, 6.45) is 6.73. The monoisotopic (exact) mass is 452 g/mol. The van der Waals surface area contributed by atoms with Gasteiger partial charge in [-0.15, -0.1) is 0 Å². The van der Waals surface area contributed by atoms with Gasteiger partial charge in [0.05, 0.1) is 17.8 Å². The van der Waals surface area contributed by atoms with Gasteiger partial charge in [-0.05, 0) is 43.2 Å². The minimum Gasteiger partial charge on any atom is -0.422 e. The molecule has 32 heavy (non-hydrogen) atoms. The van der Waals surface area contributed by atoms with Gasteiger partial charge in [0.15, 0.2) is 5.82 Å². The molecule has 1 aliphatic heterocycles. The molecule has 4 rings (SSSR count). The molecule has 3 heterocycles. The first-order valence-corrected chi connectivity index (χ1v) is 10.8. The van der Waals surface area contributed by atoms with Crippen LogP contribution in [0.3, 0.4) is 0 Å². The van der Waals surface area contributed by atoms with Gasteiger partial charge in [0, 0.05) is 34.6 Å². The van der Waals surface area contributed by atoms with Crippen molar-refractivity contribution in [1.29, 1.82) is 0 Å². The molecular formula is C24H22ClFN4O2. The van der Waals surface area contributed by atoms with Crippen molar-refractivity contribution in [2.75, 3.05) is 0 Å². The smallest absolute Gasteiger partial charge is 0.261 e. The number of nitrogens with zero attached hydrogens (tertiary/aromatic N) is 4. The predicted molar refractivity (Wildman–Crippen MR) is 119 cm³/mol. The number of hydrogen-bond donors (Lipinski definition) is 0. The number of amides is 1. The molecule has 1 atom stereocenters. The van der Waals surface area contributed by atoms with Crippen LogP contribution >= 0.6 is 11.6 Å². The summed E-state index contributed by atoms with van der Waals surface area (Å²) in [6.45, 7) is 4.09. The third kappa shape index (κ3) is 4.21. The van der Waals surface area contributed by atoms with Gasteiger partial charge in [-0.1, -0.05) is 31.9 Å². The molecule has 2 aromatic heterocycles. The van der Waals surface area contributed by atoms with Gasteiger partial charge in [-0.3, -0.25) is 9.69 Å². The van der Waals surface area contributed by atoms with Crippen LogP contribution in [0.2, 0.25) is 5.02 Å². The predicted octanol–water partition coefficient (Wildman–Crippen LogP) is 5.66. The quantitative estimate of drug-likeness (QED) is 0.463. The molecule has 1 amide bonds. The van der Waals surface area contributed by atoms with E-state index in [-0.39, 0.29) is 17.8 Å². The van der Waals surface area contributed by atoms with E-state index < -0.39 is 5.82 Å². The minimum atomic E-state index is -0.459. The molecule has 1 aromatic carbocycles. The first kappa shape index (κ1) is 21.9. The Balaban J connectivity index is 1.75. The summed E-state index contributed by atoms with van der Waals surface area (Å²) in [4.78, 5) is 27.9. The van der Waals surface area contributed by atoms with Crippen LogP contribution in [0.4, 0.5) is 4.39 Å². The summed E-state index contributed by atoms with van der Waals surface area (Å²) in [7, 11) is 0. The fourth-order valence-corrected chi connectivity index (χ4v) is 4.00. The molecule has 6 nitrogen and oxygen atoms in total. The maximum Gasteiger partial charge on any atom is 0.261 e. The van der Waals surface area contributed by atoms with Crippen molar-refractivity contribution < 1.29 is 13.9 Å². The Morgan fingerprint density at radius 1 is 1.16 bits per heavy atom. The van der Waals surface area contributed by atoms with Gasteiger partial charge >= 0.3 is 0 Å². The molecule has 1 unspecified atom stereocenters. The molecule has 0 fully saturated rings. The fraction of sp³-hybridized carbons (Fsp3) is 0.250. The average molecular weight is 453 g/mol. The van der Waals surface area contributed by atoms with Crippen molar-refractivity contribution >= 4 is 17.5 Å². The number of hydrogen-bond acceptors (Lipinski definition) is 5. The fourth-order valence-electron chi connectivity index (χ4n) is 3.83. The van der Waals surface area contributed by atoms with E-state index in [2.05, 4.69) is 21.9 Å². The van der Waals surface area contributed by atoms with Crippen LogP contribution in [0.25, 0.3) is 11.4 Å². The molecule has 8 heteroatoms. The summed E-state index contributed by atoms with van der Waals surface area (Å²) < 4.78 is 19.3. The van der Waals surface area contributed by atoms with E-state index >= 15 is 0 Å². The van der Waals surface area contributed by atoms with E-state index in [1.807, 2.05) is 6.92 Å². The number of aromatic nitrogens is 3. The van der Waals surface area contributed by atoms with E-state index in [1.54, 1.807) is 41.6 Å². The van der Waals surface area contributed by atoms with Crippen LogP contribution in [-0.2, 0) is 0 Å². The van der Waals surface area contributed by atoms with Crippen molar-refractivity contribution in [2.24, 2.45) is 0 Å². The second-order valence-electron chi connectivity index (χ2n) is 7.36. The lowest BCUT2D eigenvalue weighted by molar-refractivity contribution is 0.0556. The Hall–Kier alpha value is -3.32. The Kier molecular flexibility index (Phi) is 6.46. The zero-order valence-electron chi connectivity index (χ0n) is 17.8. The zero-order valence-corrected chi connectivity index (χ0v) is 18.5. The highest BCUT2D eigenvalue weighted by atomic mass is 35.5. The first-order valence-electron chi connectivity index (χ1n) is 10.5. The van der Waals surface area contributed by atoms with E-state index in [0.717, 1.165) is 31.0 Å². The number of halogens is 2. The van der Waals surface area contributed by atoms with Crippen LogP contribution in [-0.4, -0.2) is 31.8 Å². The Bertz CT molecular complexity index is 1150. The number of carbonyl (C=O) groups excluding carboxylic acids is 1. The van der Waals surface area contributed by atoms with Crippen LogP contribution in [0.5, 0.6) is 5.88 Å². The molecule has 164 valence electrons. The van der Waals surface area contributed by atoms with Crippen molar-refractivity contribution in [1.82, 2.24) is 19.9 Å². The van der Waals surface area contributed by atoms with Crippen LogP contribution < -0.4 is 4.74 Å². The van der Waals surface area contributed by atoms with Gasteiger partial charge in [0.25, 0.3) is 5.91 Å². The van der Waals surface area contributed by atoms with E-state index in [1.165, 1.54) is 12.1 Å². The highest BCUT2D eigenvalue weighted by Gasteiger charge is 2.43. The minimum absolute atomic E-state index is 0.110. The number of pyridine rings is 1. The topological polar surface area (TPSA) is 68.2 Å². The van der Waals surface area contributed by atoms with Gasteiger partial charge < -0.3 is 4.74 Å². The third-order valence-electron chi connectivity index (χ3n) is 5.25. The summed E-state index contributed by atoms with van der Waals surface area (Å²) in [5, 5.41) is 0.432. The average Bonchev–Trinajstić information content (AvgIpc) is 2.81. The van der Waals surface area contributed by atoms with Gasteiger partial charge in [-0.2, -0.15) is 0 Å². The summed E-state index contributed by atoms with van der Waals surface area (Å²) >= 11 is 6.24. The lowest BCUT2D eigenvalue weighted by Crippen LogP contribution is -2.51. The summed E-state index contributed by atoms with van der Waals surface area (Å²) in [6, 6.07) is 9.38. The number of rotatable bonds is 7. The number of benzene rings is 1. The van der Waals surface area contributed by atoms with Gasteiger partial charge in [-0.25, -0.2) is 19.3 Å². The summed E-state index contributed by atoms with van der Waals surface area (Å²) in [5.74, 6) is 0.364. The SMILES string of the molecule is CCCC1=C(Oc2ccc(F)cn2)N(C(=O)c2cc(Cl)ccc2-c2ncccn2)C1CC. The standard InChI is InChI=1S/C24H22ClFN4O2/c1-3-6-18-20(4-2)30(24(18)32-21-10-8-16(26)14-29-21)23(31)19-13-15(25)7-9-17(19)22-27-11-5-12-28-22/h5,7-14,20H,3-4,6H2,1-2H3. The maximum atomic E-state index is 13.8. The molecule has 0 radical (unpaired) electrons. The van der Waals surface area contributed by atoms with Gasteiger partial charge in [0.1, 0.15) is 5.82 Å². The van der Waals surface area contributed by atoms with E-state index in [4.69, 9.17) is 16.3 Å². The molecule has 0 N–H and O–H groups in total. The number of carbonyl (C=O) groups is 1. The second kappa shape index (κ2) is 9.44. The lowest BCUT2D eigenvalue weighted by Gasteiger charge is -2.43. The lowest BCUT2D eigenvalue weighted by atomic mass is 9.90. The van der Waals surface area contributed by atoms with E-state index in [9.17, 15) is 9.18 Å². The number of ether oxygens (including phenoxy) is 1. The highest BCUT2D eigenvalue weighted by Crippen LogP contribution is 2.39. The van der Waals surface area contributed by atoms with Crippen LogP contribution in [0.1, 0.15) is 43.5 Å². The summed E-state index contributed by atoms with van der Waals surface area (Å²) in [5.41, 5.74) is 2.00. The molecule has 1 aliphatic rings. The highest BCUT2D eigenvalue weighted by molar-refractivity contribution is 6.31. The largest absolute Gasteiger partial charge is 0.422 e. The van der Waals surface area contributed by atoms with E-state index in [0.29, 0.717) is 27.9 Å². The zero-order chi connectivity index (χ0) is 22.7. The van der Waals surface area contributed by atoms with Crippen molar-refractivity contribution in [2.45, 2.75) is 39.2 Å². The van der Waals surface area contributed by atoms with Crippen molar-refractivity contribution in [3.63, 3.8) is 0 Å². The molecule has 0 saturated heterocycles. The molecule has 0 saturated carbocycles. The van der Waals surface area contributed by atoms with Crippen LogP contribution in [0, 0.1) is 5.82 Å². The molecule has 3 aromatic rings. The Morgan fingerprint density at radius 3 is 2.59 bits per heavy atom. The first-order chi connectivity index (χ1) is 15.5.